The molecule has 0 aromatic carbocycles. The molecule has 78 valence electrons. The molecule has 5 nitrogen and oxygen atoms in total. The normalized spacial score (nSPS) is 38.1. The molecule has 0 aromatic rings. The van der Waals surface area contributed by atoms with Gasteiger partial charge in [0, 0.05) is 6.54 Å². The zero-order chi connectivity index (χ0) is 10.0. The molecule has 3 unspecified atom stereocenters. The molecular formula is C8H17NO4. The van der Waals surface area contributed by atoms with Crippen molar-refractivity contribution in [3.8, 4) is 0 Å². The third-order valence-corrected chi connectivity index (χ3v) is 2.58. The first kappa shape index (κ1) is 10.9. The lowest BCUT2D eigenvalue weighted by Gasteiger charge is -2.27. The van der Waals surface area contributed by atoms with Crippen LogP contribution >= 0.6 is 0 Å². The first-order valence-corrected chi connectivity index (χ1v) is 4.51. The Morgan fingerprint density at radius 2 is 2.08 bits per heavy atom. The summed E-state index contributed by atoms with van der Waals surface area (Å²) in [6, 6.07) is -0.551. The molecule has 5 heteroatoms. The lowest BCUT2D eigenvalue weighted by atomic mass is 10.0. The smallest absolute Gasteiger partial charge is 0.0992 e. The molecule has 1 aliphatic heterocycles. The van der Waals surface area contributed by atoms with E-state index < -0.39 is 24.4 Å². The van der Waals surface area contributed by atoms with Crippen LogP contribution in [0.4, 0.5) is 0 Å². The van der Waals surface area contributed by atoms with Crippen molar-refractivity contribution in [2.24, 2.45) is 0 Å². The summed E-state index contributed by atoms with van der Waals surface area (Å²) in [7, 11) is 0. The fraction of sp³-hybridized carbons (Fsp3) is 1.00. The van der Waals surface area contributed by atoms with E-state index in [0.717, 1.165) is 0 Å². The average Bonchev–Trinajstić information content (AvgIpc) is 2.42. The second-order valence-electron chi connectivity index (χ2n) is 3.44. The molecule has 1 saturated heterocycles. The second-order valence-corrected chi connectivity index (χ2v) is 3.44. The molecule has 4 N–H and O–H groups in total. The summed E-state index contributed by atoms with van der Waals surface area (Å²) in [6.07, 6.45) is -2.06. The van der Waals surface area contributed by atoms with Crippen LogP contribution in [0.1, 0.15) is 13.3 Å². The van der Waals surface area contributed by atoms with Crippen LogP contribution in [0, 0.1) is 0 Å². The first-order valence-electron chi connectivity index (χ1n) is 4.51. The predicted molar refractivity (Wildman–Crippen MR) is 45.9 cm³/mol. The van der Waals surface area contributed by atoms with Gasteiger partial charge in [-0.05, 0) is 6.42 Å². The maximum Gasteiger partial charge on any atom is 0.0992 e. The van der Waals surface area contributed by atoms with Crippen LogP contribution in [0.2, 0.25) is 0 Å². The highest BCUT2D eigenvalue weighted by molar-refractivity contribution is 4.95. The zero-order valence-electron chi connectivity index (χ0n) is 7.67. The van der Waals surface area contributed by atoms with Crippen molar-refractivity contribution in [3.05, 3.63) is 0 Å². The van der Waals surface area contributed by atoms with Crippen molar-refractivity contribution >= 4 is 0 Å². The van der Waals surface area contributed by atoms with E-state index in [9.17, 15) is 15.3 Å². The number of hydrogen-bond donors (Lipinski definition) is 4. The third-order valence-electron chi connectivity index (χ3n) is 2.58. The summed E-state index contributed by atoms with van der Waals surface area (Å²) in [5, 5.41) is 37.2. The average molecular weight is 191 g/mol. The summed E-state index contributed by atoms with van der Waals surface area (Å²) >= 11 is 0. The van der Waals surface area contributed by atoms with E-state index in [1.165, 1.54) is 4.90 Å². The number of rotatable bonds is 3. The van der Waals surface area contributed by atoms with Gasteiger partial charge in [0.25, 0.3) is 0 Å². The monoisotopic (exact) mass is 191 g/mol. The zero-order valence-corrected chi connectivity index (χ0v) is 7.67. The molecule has 1 heterocycles. The Bertz CT molecular complexity index is 166. The predicted octanol–water partition coefficient (Wildman–Crippen LogP) is -1.89. The number of β-amino-alcohol motifs (C(OH)–C–C–N with tert-alkyl or cyclic N) is 1. The van der Waals surface area contributed by atoms with Gasteiger partial charge in [-0.2, -0.15) is 0 Å². The van der Waals surface area contributed by atoms with Gasteiger partial charge in [-0.25, -0.2) is 0 Å². The highest BCUT2D eigenvalue weighted by Gasteiger charge is 2.42. The molecule has 1 aliphatic rings. The van der Waals surface area contributed by atoms with Crippen molar-refractivity contribution in [1.82, 2.24) is 4.90 Å². The maximum absolute atomic E-state index is 9.52. The molecule has 0 amide bonds. The molecule has 0 radical (unpaired) electrons. The minimum absolute atomic E-state index is 0.208. The standard InChI is InChI=1S/C8H17NO4/c1-2-5(11)7-8(13)6(12)3-9(7)4-10/h5-8,10-13H,2-4H2,1H3/t5-,6?,7?,8?/m1/s1. The van der Waals surface area contributed by atoms with Gasteiger partial charge in [0.15, 0.2) is 0 Å². The summed E-state index contributed by atoms with van der Waals surface area (Å²) in [4.78, 5) is 1.48. The van der Waals surface area contributed by atoms with Crippen molar-refractivity contribution in [2.45, 2.75) is 37.7 Å². The fourth-order valence-corrected chi connectivity index (χ4v) is 1.78. The summed E-state index contributed by atoms with van der Waals surface area (Å²) in [6.45, 7) is 1.74. The topological polar surface area (TPSA) is 84.2 Å². The van der Waals surface area contributed by atoms with Crippen LogP contribution in [-0.4, -0.2) is 63.0 Å². The Kier molecular flexibility index (Phi) is 3.63. The SMILES string of the molecule is CC[C@@H](O)C1C(O)C(O)CN1CO. The van der Waals surface area contributed by atoms with Crippen molar-refractivity contribution < 1.29 is 20.4 Å². The minimum Gasteiger partial charge on any atom is -0.391 e. The Hall–Kier alpha value is -0.200. The lowest BCUT2D eigenvalue weighted by molar-refractivity contribution is -0.0284. The molecule has 1 rings (SSSR count). The van der Waals surface area contributed by atoms with E-state index in [-0.39, 0.29) is 13.3 Å². The van der Waals surface area contributed by atoms with Crippen molar-refractivity contribution in [2.75, 3.05) is 13.3 Å². The maximum atomic E-state index is 9.52. The lowest BCUT2D eigenvalue weighted by Crippen LogP contribution is -2.45. The Labute approximate surface area is 77.2 Å². The van der Waals surface area contributed by atoms with Gasteiger partial charge in [0.05, 0.1) is 31.1 Å². The largest absolute Gasteiger partial charge is 0.391 e. The molecule has 13 heavy (non-hydrogen) atoms. The number of nitrogens with zero attached hydrogens (tertiary/aromatic N) is 1. The van der Waals surface area contributed by atoms with Crippen molar-refractivity contribution in [3.63, 3.8) is 0 Å². The van der Waals surface area contributed by atoms with E-state index in [2.05, 4.69) is 0 Å². The highest BCUT2D eigenvalue weighted by Crippen LogP contribution is 2.21. The van der Waals surface area contributed by atoms with Crippen LogP contribution in [0.5, 0.6) is 0 Å². The van der Waals surface area contributed by atoms with Gasteiger partial charge in [-0.3, -0.25) is 4.90 Å². The van der Waals surface area contributed by atoms with E-state index >= 15 is 0 Å². The summed E-state index contributed by atoms with van der Waals surface area (Å²) < 4.78 is 0. The van der Waals surface area contributed by atoms with Gasteiger partial charge in [0.2, 0.25) is 0 Å². The number of aliphatic hydroxyl groups excluding tert-OH is 4. The number of hydrogen-bond acceptors (Lipinski definition) is 5. The number of aliphatic hydroxyl groups is 4. The molecule has 0 aromatic heterocycles. The van der Waals surface area contributed by atoms with E-state index in [0.29, 0.717) is 6.42 Å². The molecular weight excluding hydrogens is 174 g/mol. The third kappa shape index (κ3) is 2.00. The van der Waals surface area contributed by atoms with Gasteiger partial charge < -0.3 is 20.4 Å². The Morgan fingerprint density at radius 3 is 2.54 bits per heavy atom. The fourth-order valence-electron chi connectivity index (χ4n) is 1.78. The van der Waals surface area contributed by atoms with Gasteiger partial charge in [-0.1, -0.05) is 6.92 Å². The molecule has 0 aliphatic carbocycles. The first-order chi connectivity index (χ1) is 6.11. The summed E-state index contributed by atoms with van der Waals surface area (Å²) in [5.41, 5.74) is 0. The minimum atomic E-state index is -0.970. The van der Waals surface area contributed by atoms with E-state index in [1.54, 1.807) is 6.92 Å². The molecule has 0 spiro atoms. The van der Waals surface area contributed by atoms with Crippen LogP contribution < -0.4 is 0 Å². The Morgan fingerprint density at radius 1 is 1.46 bits per heavy atom. The van der Waals surface area contributed by atoms with Gasteiger partial charge in [0.1, 0.15) is 0 Å². The van der Waals surface area contributed by atoms with Crippen LogP contribution in [0.25, 0.3) is 0 Å². The molecule has 0 saturated carbocycles. The second kappa shape index (κ2) is 4.34. The molecule has 1 fully saturated rings. The number of likely N-dealkylation sites (tertiary alicyclic amines) is 1. The van der Waals surface area contributed by atoms with Crippen LogP contribution in [-0.2, 0) is 0 Å². The van der Waals surface area contributed by atoms with E-state index in [4.69, 9.17) is 5.11 Å². The van der Waals surface area contributed by atoms with Gasteiger partial charge in [-0.15, -0.1) is 0 Å². The van der Waals surface area contributed by atoms with E-state index in [1.807, 2.05) is 0 Å². The molecule has 0 bridgehead atoms. The Balaban J connectivity index is 2.67. The van der Waals surface area contributed by atoms with Crippen LogP contribution in [0.15, 0.2) is 0 Å². The highest BCUT2D eigenvalue weighted by atomic mass is 16.3. The van der Waals surface area contributed by atoms with Crippen molar-refractivity contribution in [1.29, 1.82) is 0 Å². The van der Waals surface area contributed by atoms with Crippen LogP contribution in [0.3, 0.4) is 0 Å². The molecule has 4 atom stereocenters. The quantitative estimate of drug-likeness (QED) is 0.419. The summed E-state index contributed by atoms with van der Waals surface area (Å²) in [5.74, 6) is 0. The van der Waals surface area contributed by atoms with Gasteiger partial charge >= 0.3 is 0 Å².